The molecule has 0 atom stereocenters. The molecule has 0 amide bonds. The zero-order valence-electron chi connectivity index (χ0n) is 52.5. The van der Waals surface area contributed by atoms with E-state index in [9.17, 15) is 0 Å². The van der Waals surface area contributed by atoms with E-state index >= 15 is 0 Å². The number of hydrogen-bond donors (Lipinski definition) is 0. The van der Waals surface area contributed by atoms with Crippen LogP contribution in [0.25, 0.3) is 0 Å². The van der Waals surface area contributed by atoms with Gasteiger partial charge in [-0.25, -0.2) is 0 Å². The molecule has 0 aromatic carbocycles. The predicted octanol–water partition coefficient (Wildman–Crippen LogP) is 28.1. The van der Waals surface area contributed by atoms with E-state index in [1.54, 1.807) is 50.3 Å². The van der Waals surface area contributed by atoms with Gasteiger partial charge in [-0.1, -0.05) is 387 Å². The topological polar surface area (TPSA) is 0 Å². The Labute approximate surface area is 468 Å². The van der Waals surface area contributed by atoms with Crippen LogP contribution >= 0.6 is 7.26 Å². The van der Waals surface area contributed by atoms with Crippen LogP contribution in [0.3, 0.4) is 0 Å². The molecule has 0 heterocycles. The Morgan fingerprint density at radius 3 is 0.288 bits per heavy atom. The Kier molecular flexibility index (Phi) is 67.1. The summed E-state index contributed by atoms with van der Waals surface area (Å²) in [5, 5.41) is 0. The Bertz CT molecular complexity index is 775. The fourth-order valence-electron chi connectivity index (χ4n) is 12.7. The van der Waals surface area contributed by atoms with Gasteiger partial charge in [0.25, 0.3) is 0 Å². The first kappa shape index (κ1) is 73.4. The van der Waals surface area contributed by atoms with Crippen LogP contribution in [0.15, 0.2) is 0 Å². The number of rotatable bonds is 68. The zero-order chi connectivity index (χ0) is 52.6. The van der Waals surface area contributed by atoms with E-state index in [1.807, 2.05) is 0 Å². The molecule has 0 radical (unpaired) electrons. The van der Waals surface area contributed by atoms with Crippen LogP contribution in [-0.4, -0.2) is 24.6 Å². The second kappa shape index (κ2) is 66.7. The Hall–Kier alpha value is 0.430. The van der Waals surface area contributed by atoms with Gasteiger partial charge >= 0.3 is 0 Å². The van der Waals surface area contributed by atoms with E-state index in [-0.39, 0.29) is 0 Å². The second-order valence-electron chi connectivity index (χ2n) is 25.4. The lowest BCUT2D eigenvalue weighted by atomic mass is 10.0. The van der Waals surface area contributed by atoms with Crippen LogP contribution in [0.5, 0.6) is 0 Å². The molecule has 0 spiro atoms. The van der Waals surface area contributed by atoms with E-state index in [0.717, 1.165) is 0 Å². The van der Waals surface area contributed by atoms with Gasteiger partial charge in [-0.2, -0.15) is 0 Å². The van der Waals surface area contributed by atoms with Crippen LogP contribution in [0.4, 0.5) is 0 Å². The average Bonchev–Trinajstić information content (AvgIpc) is 3.40. The standard InChI is InChI=1S/C72H148P/c1-5-9-13-17-21-25-29-33-37-41-45-49-53-57-61-65-69-73(70-66-62-58-54-50-46-42-38-34-30-26-22-18-14-10-6-2,71-67-63-59-55-51-47-43-39-35-31-27-23-19-15-11-7-3)72-68-64-60-56-52-48-44-40-36-32-28-24-20-16-12-8-4/h5-72H2,1-4H3/q+1. The van der Waals surface area contributed by atoms with Crippen LogP contribution < -0.4 is 0 Å². The summed E-state index contributed by atoms with van der Waals surface area (Å²) in [6, 6.07) is 0. The third kappa shape index (κ3) is 61.5. The maximum Gasteiger partial charge on any atom is 0.0594 e. The van der Waals surface area contributed by atoms with Gasteiger partial charge in [-0.15, -0.1) is 0 Å². The number of unbranched alkanes of at least 4 members (excludes halogenated alkanes) is 60. The first-order chi connectivity index (χ1) is 36.2. The minimum atomic E-state index is -0.849. The molecule has 0 nitrogen and oxygen atoms in total. The van der Waals surface area contributed by atoms with Gasteiger partial charge in [0.05, 0.1) is 24.6 Å². The molecule has 0 rings (SSSR count). The summed E-state index contributed by atoms with van der Waals surface area (Å²) in [6.07, 6.45) is 102. The van der Waals surface area contributed by atoms with E-state index in [1.165, 1.54) is 385 Å². The van der Waals surface area contributed by atoms with Crippen molar-refractivity contribution in [2.24, 2.45) is 0 Å². The minimum absolute atomic E-state index is 0.849. The third-order valence-electron chi connectivity index (χ3n) is 17.9. The molecule has 73 heavy (non-hydrogen) atoms. The molecule has 440 valence electrons. The van der Waals surface area contributed by atoms with Gasteiger partial charge < -0.3 is 0 Å². The molecule has 0 saturated carbocycles. The molecule has 0 unspecified atom stereocenters. The van der Waals surface area contributed by atoms with Gasteiger partial charge in [-0.05, 0) is 51.4 Å². The molecular formula is C72H148P+. The summed E-state index contributed by atoms with van der Waals surface area (Å²) < 4.78 is 0. The van der Waals surface area contributed by atoms with Gasteiger partial charge in [0.15, 0.2) is 0 Å². The van der Waals surface area contributed by atoms with Crippen LogP contribution in [-0.2, 0) is 0 Å². The highest BCUT2D eigenvalue weighted by Crippen LogP contribution is 2.61. The molecule has 0 aliphatic carbocycles. The fourth-order valence-corrected chi connectivity index (χ4v) is 17.6. The first-order valence-electron chi connectivity index (χ1n) is 36.1. The fraction of sp³-hybridized carbons (Fsp3) is 1.00. The van der Waals surface area contributed by atoms with Crippen molar-refractivity contribution in [3.8, 4) is 0 Å². The van der Waals surface area contributed by atoms with Crippen molar-refractivity contribution in [3.63, 3.8) is 0 Å². The smallest absolute Gasteiger partial charge is 0.0594 e. The molecule has 0 saturated heterocycles. The van der Waals surface area contributed by atoms with E-state index in [4.69, 9.17) is 0 Å². The lowest BCUT2D eigenvalue weighted by Crippen LogP contribution is -2.13. The number of hydrogen-bond acceptors (Lipinski definition) is 0. The third-order valence-corrected chi connectivity index (χ3v) is 23.0. The summed E-state index contributed by atoms with van der Waals surface area (Å²) in [7, 11) is -0.849. The largest absolute Gasteiger partial charge is 0.0654 e. The summed E-state index contributed by atoms with van der Waals surface area (Å²) in [4.78, 5) is 0. The summed E-state index contributed by atoms with van der Waals surface area (Å²) in [6.45, 7) is 9.34. The van der Waals surface area contributed by atoms with Crippen LogP contribution in [0.1, 0.15) is 439 Å². The van der Waals surface area contributed by atoms with Gasteiger partial charge in [-0.3, -0.25) is 0 Å². The Morgan fingerprint density at radius 2 is 0.192 bits per heavy atom. The van der Waals surface area contributed by atoms with Crippen molar-refractivity contribution >= 4 is 7.26 Å². The molecular weight excluding hydrogens is 896 g/mol. The maximum atomic E-state index is 2.33. The van der Waals surface area contributed by atoms with Crippen molar-refractivity contribution in [2.75, 3.05) is 24.6 Å². The quantitative estimate of drug-likeness (QED) is 0.0421. The van der Waals surface area contributed by atoms with Crippen molar-refractivity contribution in [3.05, 3.63) is 0 Å². The van der Waals surface area contributed by atoms with E-state index < -0.39 is 7.26 Å². The highest BCUT2D eigenvalue weighted by molar-refractivity contribution is 7.75. The SMILES string of the molecule is CCCCCCCCCCCCCCCCCC[P+](CCCCCCCCCCCCCCCCCC)(CCCCCCCCCCCCCCCCCC)CCCCCCCCCCCCCCCCCC. The zero-order valence-corrected chi connectivity index (χ0v) is 53.4. The van der Waals surface area contributed by atoms with Crippen molar-refractivity contribution < 1.29 is 0 Å². The van der Waals surface area contributed by atoms with E-state index in [0.29, 0.717) is 0 Å². The summed E-state index contributed by atoms with van der Waals surface area (Å²) in [5.74, 6) is 0. The molecule has 0 aliphatic heterocycles. The van der Waals surface area contributed by atoms with Crippen molar-refractivity contribution in [2.45, 2.75) is 439 Å². The molecule has 0 aromatic rings. The molecule has 1 heteroatoms. The van der Waals surface area contributed by atoms with Crippen LogP contribution in [0.2, 0.25) is 0 Å². The van der Waals surface area contributed by atoms with Gasteiger partial charge in [0.1, 0.15) is 0 Å². The minimum Gasteiger partial charge on any atom is -0.0654 e. The average molecular weight is 1040 g/mol. The summed E-state index contributed by atoms with van der Waals surface area (Å²) in [5.41, 5.74) is 0. The Balaban J connectivity index is 4.96. The molecule has 0 N–H and O–H groups in total. The predicted molar refractivity (Wildman–Crippen MR) is 345 cm³/mol. The molecule has 0 aromatic heterocycles. The molecule has 0 aliphatic rings. The van der Waals surface area contributed by atoms with E-state index in [2.05, 4.69) is 27.7 Å². The Morgan fingerprint density at radius 1 is 0.110 bits per heavy atom. The monoisotopic (exact) mass is 1040 g/mol. The summed E-state index contributed by atoms with van der Waals surface area (Å²) >= 11 is 0. The van der Waals surface area contributed by atoms with Crippen molar-refractivity contribution in [1.82, 2.24) is 0 Å². The maximum absolute atomic E-state index is 2.33. The van der Waals surface area contributed by atoms with Crippen LogP contribution in [0, 0.1) is 0 Å². The molecule has 0 bridgehead atoms. The highest BCUT2D eigenvalue weighted by atomic mass is 31.2. The van der Waals surface area contributed by atoms with Gasteiger partial charge in [0.2, 0.25) is 0 Å². The highest BCUT2D eigenvalue weighted by Gasteiger charge is 2.35. The first-order valence-corrected chi connectivity index (χ1v) is 38.6. The lowest BCUT2D eigenvalue weighted by Gasteiger charge is -2.28. The normalized spacial score (nSPS) is 12.0. The lowest BCUT2D eigenvalue weighted by molar-refractivity contribution is 0.530. The van der Waals surface area contributed by atoms with Gasteiger partial charge in [0, 0.05) is 7.26 Å². The molecule has 0 fully saturated rings. The van der Waals surface area contributed by atoms with Crippen molar-refractivity contribution in [1.29, 1.82) is 0 Å². The second-order valence-corrected chi connectivity index (χ2v) is 29.9.